The fraction of sp³-hybridized carbons (Fsp3) is 0.238. The zero-order valence-electron chi connectivity index (χ0n) is 16.4. The van der Waals surface area contributed by atoms with Crippen LogP contribution in [0.3, 0.4) is 0 Å². The van der Waals surface area contributed by atoms with Gasteiger partial charge in [-0.2, -0.15) is 0 Å². The largest absolute Gasteiger partial charge is 0.493 e. The van der Waals surface area contributed by atoms with Crippen LogP contribution in [0.1, 0.15) is 12.5 Å². The molecule has 0 radical (unpaired) electrons. The number of oxime groups is 1. The van der Waals surface area contributed by atoms with Crippen LogP contribution in [0.4, 0.5) is 5.69 Å². The molecule has 1 fully saturated rings. The molecule has 0 spiro atoms. The molecule has 9 heteroatoms. The fourth-order valence-corrected chi connectivity index (χ4v) is 3.57. The zero-order valence-corrected chi connectivity index (χ0v) is 16.4. The molecule has 4 rings (SSSR count). The number of esters is 1. The van der Waals surface area contributed by atoms with Crippen LogP contribution in [0.5, 0.6) is 17.2 Å². The second kappa shape index (κ2) is 7.51. The molecule has 2 amide bonds. The lowest BCUT2D eigenvalue weighted by atomic mass is 9.93. The molecule has 0 aromatic heterocycles. The number of hydrogen-bond donors (Lipinski definition) is 0. The summed E-state index contributed by atoms with van der Waals surface area (Å²) in [5.41, 5.74) is 1.15. The Morgan fingerprint density at radius 3 is 2.40 bits per heavy atom. The molecule has 0 saturated carbocycles. The SMILES string of the molecule is COc1cccc(C2=NO[C@@H]3C(=O)N(c4ccc(OC(C)=O)cc4)C(=O)[C@H]23)c1OC. The highest BCUT2D eigenvalue weighted by Gasteiger charge is 2.56. The maximum atomic E-state index is 13.2. The fourth-order valence-electron chi connectivity index (χ4n) is 3.57. The molecule has 1 saturated heterocycles. The maximum absolute atomic E-state index is 13.2. The lowest BCUT2D eigenvalue weighted by Crippen LogP contribution is -2.33. The smallest absolute Gasteiger partial charge is 0.308 e. The predicted molar refractivity (Wildman–Crippen MR) is 105 cm³/mol. The van der Waals surface area contributed by atoms with Crippen LogP contribution >= 0.6 is 0 Å². The topological polar surface area (TPSA) is 104 Å². The van der Waals surface area contributed by atoms with Crippen LogP contribution in [0.15, 0.2) is 47.6 Å². The van der Waals surface area contributed by atoms with Gasteiger partial charge in [0.25, 0.3) is 5.91 Å². The van der Waals surface area contributed by atoms with Crippen molar-refractivity contribution in [2.45, 2.75) is 13.0 Å². The molecule has 2 aliphatic heterocycles. The van der Waals surface area contributed by atoms with Crippen molar-refractivity contribution in [1.29, 1.82) is 0 Å². The average molecular weight is 410 g/mol. The number of ether oxygens (including phenoxy) is 3. The van der Waals surface area contributed by atoms with E-state index >= 15 is 0 Å². The van der Waals surface area contributed by atoms with Gasteiger partial charge < -0.3 is 19.0 Å². The van der Waals surface area contributed by atoms with E-state index in [1.165, 1.54) is 45.4 Å². The Morgan fingerprint density at radius 2 is 1.77 bits per heavy atom. The molecule has 2 aromatic carbocycles. The van der Waals surface area contributed by atoms with Crippen molar-refractivity contribution in [3.63, 3.8) is 0 Å². The van der Waals surface area contributed by atoms with Crippen LogP contribution in [0.2, 0.25) is 0 Å². The first kappa shape index (κ1) is 19.4. The minimum atomic E-state index is -1.06. The van der Waals surface area contributed by atoms with Gasteiger partial charge in [0, 0.05) is 12.5 Å². The molecule has 2 heterocycles. The van der Waals surface area contributed by atoms with E-state index < -0.39 is 29.8 Å². The van der Waals surface area contributed by atoms with E-state index in [9.17, 15) is 14.4 Å². The number of hydrogen-bond acceptors (Lipinski definition) is 8. The maximum Gasteiger partial charge on any atom is 0.308 e. The molecule has 2 aromatic rings. The number of rotatable bonds is 5. The van der Waals surface area contributed by atoms with Crippen molar-refractivity contribution in [3.8, 4) is 17.2 Å². The summed E-state index contributed by atoms with van der Waals surface area (Å²) >= 11 is 0. The first-order valence-corrected chi connectivity index (χ1v) is 9.07. The highest BCUT2D eigenvalue weighted by Crippen LogP contribution is 2.39. The molecule has 0 N–H and O–H groups in total. The lowest BCUT2D eigenvalue weighted by Gasteiger charge is -2.17. The Kier molecular flexibility index (Phi) is 4.86. The molecular weight excluding hydrogens is 392 g/mol. The molecular formula is C21H18N2O7. The highest BCUT2D eigenvalue weighted by atomic mass is 16.7. The molecule has 2 atom stereocenters. The second-order valence-corrected chi connectivity index (χ2v) is 6.62. The van der Waals surface area contributed by atoms with Gasteiger partial charge in [0.2, 0.25) is 12.0 Å². The Labute approximate surface area is 171 Å². The third kappa shape index (κ3) is 3.04. The van der Waals surface area contributed by atoms with E-state index in [0.717, 1.165) is 4.90 Å². The number of para-hydroxylation sites is 1. The summed E-state index contributed by atoms with van der Waals surface area (Å²) in [5, 5.41) is 4.01. The molecule has 0 bridgehead atoms. The van der Waals surface area contributed by atoms with Crippen LogP contribution in [0.25, 0.3) is 0 Å². The van der Waals surface area contributed by atoms with E-state index in [-0.39, 0.29) is 0 Å². The summed E-state index contributed by atoms with van der Waals surface area (Å²) in [5.74, 6) is -1.19. The monoisotopic (exact) mass is 410 g/mol. The molecule has 0 unspecified atom stereocenters. The van der Waals surface area contributed by atoms with Gasteiger partial charge in [-0.05, 0) is 36.4 Å². The Morgan fingerprint density at radius 1 is 1.03 bits per heavy atom. The second-order valence-electron chi connectivity index (χ2n) is 6.62. The Balaban J connectivity index is 1.66. The number of nitrogens with zero attached hydrogens (tertiary/aromatic N) is 2. The minimum absolute atomic E-state index is 0.299. The number of carbonyl (C=O) groups excluding carboxylic acids is 3. The number of methoxy groups -OCH3 is 2. The highest BCUT2D eigenvalue weighted by molar-refractivity contribution is 6.32. The normalized spacial score (nSPS) is 19.8. The van der Waals surface area contributed by atoms with Crippen LogP contribution in [0, 0.1) is 5.92 Å². The quantitative estimate of drug-likeness (QED) is 0.421. The molecule has 154 valence electrons. The molecule has 30 heavy (non-hydrogen) atoms. The van der Waals surface area contributed by atoms with E-state index in [0.29, 0.717) is 34.2 Å². The van der Waals surface area contributed by atoms with Crippen molar-refractivity contribution in [2.75, 3.05) is 19.1 Å². The van der Waals surface area contributed by atoms with Gasteiger partial charge in [-0.3, -0.25) is 14.4 Å². The van der Waals surface area contributed by atoms with Gasteiger partial charge in [-0.25, -0.2) is 4.90 Å². The van der Waals surface area contributed by atoms with Gasteiger partial charge in [0.1, 0.15) is 17.4 Å². The van der Waals surface area contributed by atoms with Crippen molar-refractivity contribution < 1.29 is 33.4 Å². The Bertz CT molecular complexity index is 1060. The summed E-state index contributed by atoms with van der Waals surface area (Å²) in [6.45, 7) is 1.29. The minimum Gasteiger partial charge on any atom is -0.493 e. The van der Waals surface area contributed by atoms with Crippen molar-refractivity contribution in [3.05, 3.63) is 48.0 Å². The van der Waals surface area contributed by atoms with Gasteiger partial charge in [0.05, 0.1) is 19.9 Å². The van der Waals surface area contributed by atoms with Crippen LogP contribution in [-0.2, 0) is 19.2 Å². The number of anilines is 1. The average Bonchev–Trinajstić information content (AvgIpc) is 3.28. The first-order valence-electron chi connectivity index (χ1n) is 9.07. The van der Waals surface area contributed by atoms with Crippen molar-refractivity contribution in [1.82, 2.24) is 0 Å². The van der Waals surface area contributed by atoms with Crippen LogP contribution < -0.4 is 19.1 Å². The van der Waals surface area contributed by atoms with Crippen molar-refractivity contribution in [2.24, 2.45) is 11.1 Å². The van der Waals surface area contributed by atoms with Gasteiger partial charge >= 0.3 is 5.97 Å². The standard InChI is InChI=1S/C21H18N2O7/c1-11(24)29-13-9-7-12(8-10-13)23-20(25)16-17(22-30-19(16)21(23)26)14-5-4-6-15(27-2)18(14)28-3/h4-10,16,19H,1-3H3/t16-,19+/m1/s1. The van der Waals surface area contributed by atoms with E-state index in [4.69, 9.17) is 19.0 Å². The number of fused-ring (bicyclic) bond motifs is 1. The summed E-state index contributed by atoms with van der Waals surface area (Å²) in [7, 11) is 2.98. The third-order valence-electron chi connectivity index (χ3n) is 4.85. The number of carbonyl (C=O) groups is 3. The van der Waals surface area contributed by atoms with Crippen LogP contribution in [-0.4, -0.2) is 43.8 Å². The number of benzene rings is 2. The van der Waals surface area contributed by atoms with E-state index in [1.807, 2.05) is 0 Å². The van der Waals surface area contributed by atoms with E-state index in [2.05, 4.69) is 5.16 Å². The van der Waals surface area contributed by atoms with E-state index in [1.54, 1.807) is 18.2 Å². The Hall–Kier alpha value is -3.88. The van der Waals surface area contributed by atoms with Gasteiger partial charge in [-0.15, -0.1) is 0 Å². The lowest BCUT2D eigenvalue weighted by molar-refractivity contribution is -0.132. The van der Waals surface area contributed by atoms with Crippen molar-refractivity contribution >= 4 is 29.2 Å². The molecule has 9 nitrogen and oxygen atoms in total. The zero-order chi connectivity index (χ0) is 21.4. The predicted octanol–water partition coefficient (Wildman–Crippen LogP) is 1.92. The van der Waals surface area contributed by atoms with Gasteiger partial charge in [-0.1, -0.05) is 11.2 Å². The molecule has 0 aliphatic carbocycles. The van der Waals surface area contributed by atoms with Gasteiger partial charge in [0.15, 0.2) is 11.5 Å². The summed E-state index contributed by atoms with van der Waals surface area (Å²) in [4.78, 5) is 43.5. The summed E-state index contributed by atoms with van der Waals surface area (Å²) < 4.78 is 15.7. The molecule has 2 aliphatic rings. The third-order valence-corrected chi connectivity index (χ3v) is 4.85. The summed E-state index contributed by atoms with van der Waals surface area (Å²) in [6.07, 6.45) is -1.06. The number of imide groups is 1. The first-order chi connectivity index (χ1) is 14.5. The summed E-state index contributed by atoms with van der Waals surface area (Å²) in [6, 6.07) is 11.2. The number of amides is 2.